The fourth-order valence-electron chi connectivity index (χ4n) is 3.55. The Labute approximate surface area is 185 Å². The van der Waals surface area contributed by atoms with Gasteiger partial charge in [-0.25, -0.2) is 0 Å². The van der Waals surface area contributed by atoms with E-state index in [1.807, 2.05) is 19.9 Å². The van der Waals surface area contributed by atoms with Crippen molar-refractivity contribution in [2.24, 2.45) is 0 Å². The maximum Gasteiger partial charge on any atom is 0.360 e. The molecule has 0 saturated heterocycles. The summed E-state index contributed by atoms with van der Waals surface area (Å²) in [4.78, 5) is 10.8. The lowest BCUT2D eigenvalue weighted by Gasteiger charge is -2.31. The molecule has 7 nitrogen and oxygen atoms in total. The molecule has 0 aromatic heterocycles. The zero-order valence-corrected chi connectivity index (χ0v) is 19.8. The van der Waals surface area contributed by atoms with E-state index in [1.165, 1.54) is 12.1 Å². The number of benzene rings is 1. The summed E-state index contributed by atoms with van der Waals surface area (Å²) >= 11 is 0. The second kappa shape index (κ2) is 12.2. The molecule has 1 N–H and O–H groups in total. The first-order valence-electron chi connectivity index (χ1n) is 11.1. The van der Waals surface area contributed by atoms with Crippen molar-refractivity contribution in [3.63, 3.8) is 0 Å². The highest BCUT2D eigenvalue weighted by Crippen LogP contribution is 2.63. The Balaban J connectivity index is 2.38. The molecule has 1 aliphatic heterocycles. The van der Waals surface area contributed by atoms with Gasteiger partial charge in [-0.3, -0.25) is 14.7 Å². The first-order valence-corrected chi connectivity index (χ1v) is 12.7. The quantitative estimate of drug-likeness (QED) is 0.197. The molecule has 31 heavy (non-hydrogen) atoms. The van der Waals surface area contributed by atoms with E-state index in [2.05, 4.69) is 19.2 Å². The van der Waals surface area contributed by atoms with E-state index in [1.54, 1.807) is 24.5 Å². The smallest absolute Gasteiger partial charge is 0.360 e. The molecule has 1 aromatic rings. The number of hydrogen-bond donors (Lipinski definition) is 1. The molecule has 0 bridgehead atoms. The summed E-state index contributed by atoms with van der Waals surface area (Å²) < 4.78 is 26.4. The molecule has 0 spiro atoms. The van der Waals surface area contributed by atoms with Crippen LogP contribution in [0.25, 0.3) is 0 Å². The summed E-state index contributed by atoms with van der Waals surface area (Å²) in [7, 11) is -3.67. The predicted molar refractivity (Wildman–Crippen MR) is 124 cm³/mol. The van der Waals surface area contributed by atoms with Gasteiger partial charge >= 0.3 is 7.60 Å². The maximum atomic E-state index is 14.2. The van der Waals surface area contributed by atoms with Crippen LogP contribution in [0.3, 0.4) is 0 Å². The SMILES string of the molecule is CCCCC(C)OP(=O)(OC(C)CCCC)C1=CNC=CC1c1cccc([N+](=O)[O-])c1. The normalized spacial score (nSPS) is 19.7. The van der Waals surface area contributed by atoms with Gasteiger partial charge < -0.3 is 14.4 Å². The number of non-ortho nitro benzene ring substituents is 1. The van der Waals surface area contributed by atoms with Crippen molar-refractivity contribution in [2.45, 2.75) is 84.3 Å². The lowest BCUT2D eigenvalue weighted by Crippen LogP contribution is -2.19. The Hall–Kier alpha value is -1.95. The van der Waals surface area contributed by atoms with Gasteiger partial charge in [-0.1, -0.05) is 57.7 Å². The Kier molecular flexibility index (Phi) is 9.94. The summed E-state index contributed by atoms with van der Waals surface area (Å²) in [5.41, 5.74) is 0.668. The van der Waals surface area contributed by atoms with Crippen LogP contribution in [0.2, 0.25) is 0 Å². The number of nitrogens with one attached hydrogen (secondary N) is 1. The summed E-state index contributed by atoms with van der Waals surface area (Å²) in [5, 5.41) is 14.7. The molecule has 3 atom stereocenters. The molecule has 2 rings (SSSR count). The highest BCUT2D eigenvalue weighted by Gasteiger charge is 2.39. The Morgan fingerprint density at radius 2 is 1.74 bits per heavy atom. The van der Waals surface area contributed by atoms with Crippen LogP contribution in [0, 0.1) is 10.1 Å². The average Bonchev–Trinajstić information content (AvgIpc) is 2.76. The van der Waals surface area contributed by atoms with Gasteiger partial charge in [0.05, 0.1) is 22.4 Å². The fraction of sp³-hybridized carbons (Fsp3) is 0.565. The van der Waals surface area contributed by atoms with Crippen molar-refractivity contribution in [2.75, 3.05) is 0 Å². The molecule has 0 radical (unpaired) electrons. The monoisotopic (exact) mass is 450 g/mol. The summed E-state index contributed by atoms with van der Waals surface area (Å²) in [6.45, 7) is 8.04. The Morgan fingerprint density at radius 1 is 1.13 bits per heavy atom. The van der Waals surface area contributed by atoms with Crippen LogP contribution >= 0.6 is 7.60 Å². The van der Waals surface area contributed by atoms with Gasteiger partial charge in [0.25, 0.3) is 5.69 Å². The molecule has 1 aliphatic rings. The fourth-order valence-corrected chi connectivity index (χ4v) is 5.81. The molecule has 172 valence electrons. The van der Waals surface area contributed by atoms with Crippen LogP contribution < -0.4 is 5.32 Å². The standard InChI is InChI=1S/C23H35N2O5P/c1-5-7-10-18(3)29-31(28,30-19(4)11-8-6-2)23-17-24-15-14-22(23)20-12-9-13-21(16-20)25(26)27/h9,12-19,22,24H,5-8,10-11H2,1-4H3. The lowest BCUT2D eigenvalue weighted by molar-refractivity contribution is -0.384. The summed E-state index contributed by atoms with van der Waals surface area (Å²) in [6, 6.07) is 6.40. The van der Waals surface area contributed by atoms with Crippen molar-refractivity contribution in [3.05, 3.63) is 63.7 Å². The molecular weight excluding hydrogens is 415 g/mol. The van der Waals surface area contributed by atoms with Crippen LogP contribution in [0.15, 0.2) is 48.1 Å². The predicted octanol–water partition coefficient (Wildman–Crippen LogP) is 7.02. The second-order valence-electron chi connectivity index (χ2n) is 8.04. The first kappa shape index (κ1) is 25.3. The van der Waals surface area contributed by atoms with E-state index in [-0.39, 0.29) is 17.9 Å². The molecule has 1 heterocycles. The van der Waals surface area contributed by atoms with Crippen molar-refractivity contribution >= 4 is 13.3 Å². The molecular formula is C23H35N2O5P. The van der Waals surface area contributed by atoms with E-state index >= 15 is 0 Å². The minimum atomic E-state index is -3.67. The Morgan fingerprint density at radius 3 is 2.29 bits per heavy atom. The van der Waals surface area contributed by atoms with Crippen LogP contribution in [-0.4, -0.2) is 17.1 Å². The zero-order chi connectivity index (χ0) is 22.9. The van der Waals surface area contributed by atoms with Gasteiger partial charge in [0, 0.05) is 24.3 Å². The average molecular weight is 451 g/mol. The van der Waals surface area contributed by atoms with Crippen molar-refractivity contribution < 1.29 is 18.5 Å². The molecule has 0 saturated carbocycles. The molecule has 0 aliphatic carbocycles. The van der Waals surface area contributed by atoms with Gasteiger partial charge in [0.1, 0.15) is 0 Å². The minimum absolute atomic E-state index is 0.00641. The molecule has 0 fully saturated rings. The third-order valence-electron chi connectivity index (χ3n) is 5.26. The van der Waals surface area contributed by atoms with Crippen molar-refractivity contribution in [1.82, 2.24) is 5.32 Å². The third-order valence-corrected chi connectivity index (χ3v) is 7.57. The molecule has 1 aromatic carbocycles. The molecule has 0 amide bonds. The third kappa shape index (κ3) is 7.30. The number of unbranched alkanes of at least 4 members (excludes halogenated alkanes) is 2. The van der Waals surface area contributed by atoms with E-state index in [0.717, 1.165) is 38.5 Å². The zero-order valence-electron chi connectivity index (χ0n) is 19.0. The lowest BCUT2D eigenvalue weighted by atomic mass is 9.97. The molecule has 3 unspecified atom stereocenters. The van der Waals surface area contributed by atoms with Gasteiger partial charge in [-0.05, 0) is 38.5 Å². The first-order chi connectivity index (χ1) is 14.8. The second-order valence-corrected chi connectivity index (χ2v) is 9.97. The van der Waals surface area contributed by atoms with E-state index in [0.29, 0.717) is 10.9 Å². The number of nitrogens with zero attached hydrogens (tertiary/aromatic N) is 1. The number of nitro groups is 1. The van der Waals surface area contributed by atoms with Crippen molar-refractivity contribution in [1.29, 1.82) is 0 Å². The van der Waals surface area contributed by atoms with Crippen molar-refractivity contribution in [3.8, 4) is 0 Å². The number of hydrogen-bond acceptors (Lipinski definition) is 6. The van der Waals surface area contributed by atoms with Crippen LogP contribution in [0.4, 0.5) is 5.69 Å². The van der Waals surface area contributed by atoms with Gasteiger partial charge in [0.2, 0.25) is 0 Å². The van der Waals surface area contributed by atoms with E-state index in [9.17, 15) is 14.7 Å². The summed E-state index contributed by atoms with van der Waals surface area (Å²) in [6.07, 6.45) is 10.3. The topological polar surface area (TPSA) is 90.7 Å². The highest BCUT2D eigenvalue weighted by molar-refractivity contribution is 7.58. The van der Waals surface area contributed by atoms with Gasteiger partial charge in [-0.15, -0.1) is 0 Å². The van der Waals surface area contributed by atoms with Gasteiger partial charge in [0.15, 0.2) is 0 Å². The van der Waals surface area contributed by atoms with Crippen LogP contribution in [0.1, 0.15) is 77.7 Å². The number of dihydropyridines is 1. The number of rotatable bonds is 13. The minimum Gasteiger partial charge on any atom is -0.367 e. The van der Waals surface area contributed by atoms with Gasteiger partial charge in [-0.2, -0.15) is 0 Å². The van der Waals surface area contributed by atoms with Crippen LogP contribution in [-0.2, 0) is 13.6 Å². The largest absolute Gasteiger partial charge is 0.367 e. The molecule has 8 heteroatoms. The maximum absolute atomic E-state index is 14.2. The Bertz CT molecular complexity index is 819. The number of allylic oxidation sites excluding steroid dienone is 2. The highest BCUT2D eigenvalue weighted by atomic mass is 31.2. The summed E-state index contributed by atoms with van der Waals surface area (Å²) in [5.74, 6) is -0.441. The number of nitro benzene ring substituents is 1. The van der Waals surface area contributed by atoms with E-state index in [4.69, 9.17) is 9.05 Å². The van der Waals surface area contributed by atoms with E-state index < -0.39 is 18.4 Å². The van der Waals surface area contributed by atoms with Crippen LogP contribution in [0.5, 0.6) is 0 Å².